The number of fused-ring (bicyclic) bond motifs is 1. The number of nitrogens with one attached hydrogen (secondary N) is 2. The van der Waals surface area contributed by atoms with Gasteiger partial charge in [0.25, 0.3) is 5.91 Å². The van der Waals surface area contributed by atoms with Crippen LogP contribution in [0, 0.1) is 17.6 Å². The smallest absolute Gasteiger partial charge is 0.267 e. The third kappa shape index (κ3) is 5.56. The number of nitrogens with zero attached hydrogens (tertiary/aromatic N) is 2. The molecular formula is C23H26F2N4O3S. The van der Waals surface area contributed by atoms with E-state index in [-0.39, 0.29) is 10.8 Å². The lowest BCUT2D eigenvalue weighted by molar-refractivity contribution is 0.0948. The maximum absolute atomic E-state index is 13.4. The highest BCUT2D eigenvalue weighted by atomic mass is 32.2. The van der Waals surface area contributed by atoms with E-state index in [9.17, 15) is 22.0 Å². The van der Waals surface area contributed by atoms with Crippen molar-refractivity contribution in [1.29, 1.82) is 0 Å². The van der Waals surface area contributed by atoms with Crippen molar-refractivity contribution in [2.24, 2.45) is 5.92 Å². The summed E-state index contributed by atoms with van der Waals surface area (Å²) >= 11 is 0. The van der Waals surface area contributed by atoms with E-state index in [1.54, 1.807) is 18.5 Å². The lowest BCUT2D eigenvalue weighted by Crippen LogP contribution is -2.38. The largest absolute Gasteiger partial charge is 0.351 e. The maximum atomic E-state index is 13.4. The fraction of sp³-hybridized carbons (Fsp3) is 0.391. The monoisotopic (exact) mass is 476 g/mol. The van der Waals surface area contributed by atoms with Crippen LogP contribution in [0.15, 0.2) is 47.6 Å². The minimum absolute atomic E-state index is 0.154. The van der Waals surface area contributed by atoms with Gasteiger partial charge in [-0.2, -0.15) is 4.31 Å². The van der Waals surface area contributed by atoms with Gasteiger partial charge in [-0.25, -0.2) is 17.2 Å². The van der Waals surface area contributed by atoms with Gasteiger partial charge in [0, 0.05) is 49.0 Å². The molecule has 3 heterocycles. The fourth-order valence-electron chi connectivity index (χ4n) is 4.21. The molecule has 1 fully saturated rings. The van der Waals surface area contributed by atoms with E-state index < -0.39 is 21.7 Å². The second-order valence-corrected chi connectivity index (χ2v) is 10.3. The number of halogens is 2. The molecule has 4 rings (SSSR count). The summed E-state index contributed by atoms with van der Waals surface area (Å²) in [7, 11) is -3.91. The summed E-state index contributed by atoms with van der Waals surface area (Å²) < 4.78 is 53.5. The van der Waals surface area contributed by atoms with Gasteiger partial charge in [0.2, 0.25) is 10.0 Å². The number of unbranched alkanes of at least 4 members (excludes halogenated alkanes) is 1. The summed E-state index contributed by atoms with van der Waals surface area (Å²) in [6.07, 6.45) is 7.46. The molecule has 0 unspecified atom stereocenters. The molecule has 2 aromatic heterocycles. The number of carbonyl (C=O) groups is 1. The predicted octanol–water partition coefficient (Wildman–Crippen LogP) is 3.84. The molecule has 1 aliphatic rings. The summed E-state index contributed by atoms with van der Waals surface area (Å²) in [5.41, 5.74) is 1.37. The minimum atomic E-state index is -3.91. The van der Waals surface area contributed by atoms with Crippen LogP contribution in [-0.4, -0.2) is 48.2 Å². The van der Waals surface area contributed by atoms with E-state index >= 15 is 0 Å². The first-order chi connectivity index (χ1) is 15.8. The Morgan fingerprint density at radius 1 is 1.12 bits per heavy atom. The number of amides is 1. The average molecular weight is 477 g/mol. The van der Waals surface area contributed by atoms with Crippen molar-refractivity contribution in [1.82, 2.24) is 19.6 Å². The normalized spacial score (nSPS) is 15.7. The lowest BCUT2D eigenvalue weighted by atomic mass is 9.92. The lowest BCUT2D eigenvalue weighted by Gasteiger charge is -2.31. The molecule has 176 valence electrons. The highest BCUT2D eigenvalue weighted by molar-refractivity contribution is 7.89. The number of aromatic nitrogens is 2. The Bertz CT molecular complexity index is 1180. The SMILES string of the molecule is O=C(NCCCCC1CCN(S(=O)(=O)c2cc(F)cc(F)c2)CC1)c1cc2cnccc2[nH]1. The van der Waals surface area contributed by atoms with Crippen LogP contribution in [0.4, 0.5) is 8.78 Å². The van der Waals surface area contributed by atoms with Crippen LogP contribution in [0.25, 0.3) is 10.9 Å². The first-order valence-electron chi connectivity index (χ1n) is 11.0. The molecule has 33 heavy (non-hydrogen) atoms. The summed E-state index contributed by atoms with van der Waals surface area (Å²) in [4.78, 5) is 19.1. The van der Waals surface area contributed by atoms with Crippen molar-refractivity contribution >= 4 is 26.8 Å². The Kier molecular flexibility index (Phi) is 7.04. The van der Waals surface area contributed by atoms with Crippen LogP contribution in [-0.2, 0) is 10.0 Å². The number of hydrogen-bond acceptors (Lipinski definition) is 4. The first kappa shape index (κ1) is 23.3. The molecule has 1 amide bonds. The Labute approximate surface area is 191 Å². The second kappa shape index (κ2) is 9.96. The minimum Gasteiger partial charge on any atom is -0.351 e. The van der Waals surface area contributed by atoms with Crippen LogP contribution in [0.3, 0.4) is 0 Å². The number of piperidine rings is 1. The van der Waals surface area contributed by atoms with Crippen molar-refractivity contribution in [3.05, 3.63) is 60.1 Å². The number of benzene rings is 1. The molecule has 0 atom stereocenters. The Morgan fingerprint density at radius 2 is 1.85 bits per heavy atom. The van der Waals surface area contributed by atoms with Crippen LogP contribution >= 0.6 is 0 Å². The highest BCUT2D eigenvalue weighted by Gasteiger charge is 2.30. The van der Waals surface area contributed by atoms with Gasteiger partial charge in [-0.3, -0.25) is 9.78 Å². The van der Waals surface area contributed by atoms with Gasteiger partial charge in [0.05, 0.1) is 4.90 Å². The fourth-order valence-corrected chi connectivity index (χ4v) is 5.73. The maximum Gasteiger partial charge on any atom is 0.267 e. The number of carbonyl (C=O) groups excluding carboxylic acids is 1. The van der Waals surface area contributed by atoms with Gasteiger partial charge >= 0.3 is 0 Å². The van der Waals surface area contributed by atoms with Crippen molar-refractivity contribution in [2.45, 2.75) is 37.0 Å². The van der Waals surface area contributed by atoms with Crippen LogP contribution in [0.2, 0.25) is 0 Å². The zero-order valence-electron chi connectivity index (χ0n) is 18.1. The molecule has 1 saturated heterocycles. The van der Waals surface area contributed by atoms with Gasteiger partial charge in [-0.15, -0.1) is 0 Å². The van der Waals surface area contributed by atoms with Gasteiger partial charge in [-0.05, 0) is 49.4 Å². The Morgan fingerprint density at radius 3 is 2.55 bits per heavy atom. The quantitative estimate of drug-likeness (QED) is 0.483. The molecule has 0 bridgehead atoms. The molecule has 0 radical (unpaired) electrons. The first-order valence-corrected chi connectivity index (χ1v) is 12.4. The topological polar surface area (TPSA) is 95.2 Å². The number of H-pyrrole nitrogens is 1. The standard InChI is InChI=1S/C23H26F2N4O3S/c24-18-12-19(25)14-20(13-18)33(31,32)29-9-5-16(6-10-29)3-1-2-7-27-23(30)22-11-17-15-26-8-4-21(17)28-22/h4,8,11-16,28H,1-3,5-7,9-10H2,(H,27,30). The molecule has 1 aliphatic heterocycles. The van der Waals surface area contributed by atoms with Crippen LogP contribution in [0.1, 0.15) is 42.6 Å². The number of sulfonamides is 1. The van der Waals surface area contributed by atoms with E-state index in [4.69, 9.17) is 0 Å². The highest BCUT2D eigenvalue weighted by Crippen LogP contribution is 2.27. The molecule has 0 aliphatic carbocycles. The van der Waals surface area contributed by atoms with Crippen molar-refractivity contribution < 1.29 is 22.0 Å². The molecular weight excluding hydrogens is 450 g/mol. The van der Waals surface area contributed by atoms with Crippen LogP contribution < -0.4 is 5.32 Å². The van der Waals surface area contributed by atoms with Crippen LogP contribution in [0.5, 0.6) is 0 Å². The molecule has 10 heteroatoms. The summed E-state index contributed by atoms with van der Waals surface area (Å²) in [6.45, 7) is 1.22. The Balaban J connectivity index is 1.18. The molecule has 7 nitrogen and oxygen atoms in total. The van der Waals surface area contributed by atoms with E-state index in [0.717, 1.165) is 42.3 Å². The van der Waals surface area contributed by atoms with E-state index in [1.165, 1.54) is 4.31 Å². The Hall–Kier alpha value is -2.85. The van der Waals surface area contributed by atoms with Crippen molar-refractivity contribution in [2.75, 3.05) is 19.6 Å². The summed E-state index contributed by atoms with van der Waals surface area (Å²) in [5, 5.41) is 3.80. The van der Waals surface area contributed by atoms with E-state index in [1.807, 2.05) is 6.07 Å². The van der Waals surface area contributed by atoms with E-state index in [2.05, 4.69) is 15.3 Å². The zero-order valence-corrected chi connectivity index (χ0v) is 18.9. The molecule has 2 N–H and O–H groups in total. The van der Waals surface area contributed by atoms with E-state index in [0.29, 0.717) is 50.2 Å². The predicted molar refractivity (Wildman–Crippen MR) is 120 cm³/mol. The molecule has 0 saturated carbocycles. The van der Waals surface area contributed by atoms with Gasteiger partial charge in [-0.1, -0.05) is 12.8 Å². The summed E-state index contributed by atoms with van der Waals surface area (Å²) in [5.74, 6) is -1.58. The molecule has 3 aromatic rings. The molecule has 0 spiro atoms. The number of pyridine rings is 1. The van der Waals surface area contributed by atoms with Gasteiger partial charge < -0.3 is 10.3 Å². The van der Waals surface area contributed by atoms with Crippen molar-refractivity contribution in [3.8, 4) is 0 Å². The van der Waals surface area contributed by atoms with Gasteiger partial charge in [0.15, 0.2) is 0 Å². The zero-order chi connectivity index (χ0) is 23.4. The van der Waals surface area contributed by atoms with Gasteiger partial charge in [0.1, 0.15) is 17.3 Å². The molecule has 1 aromatic carbocycles. The number of aromatic amines is 1. The third-order valence-corrected chi connectivity index (χ3v) is 7.91. The number of hydrogen-bond donors (Lipinski definition) is 2. The number of rotatable bonds is 8. The second-order valence-electron chi connectivity index (χ2n) is 8.35. The van der Waals surface area contributed by atoms with Crippen molar-refractivity contribution in [3.63, 3.8) is 0 Å². The third-order valence-electron chi connectivity index (χ3n) is 6.04. The summed E-state index contributed by atoms with van der Waals surface area (Å²) in [6, 6.07) is 5.96. The average Bonchev–Trinajstić information content (AvgIpc) is 3.23.